The van der Waals surface area contributed by atoms with Crippen molar-refractivity contribution in [1.29, 1.82) is 5.26 Å². The quantitative estimate of drug-likeness (QED) is 0.284. The van der Waals surface area contributed by atoms with E-state index in [0.717, 1.165) is 12.1 Å². The molecule has 0 saturated carbocycles. The van der Waals surface area contributed by atoms with Crippen molar-refractivity contribution in [2.75, 3.05) is 42.9 Å². The first-order chi connectivity index (χ1) is 21.5. The van der Waals surface area contributed by atoms with Crippen LogP contribution in [-0.2, 0) is 19.6 Å². The second-order valence-electron chi connectivity index (χ2n) is 10.1. The highest BCUT2D eigenvalue weighted by Gasteiger charge is 2.25. The van der Waals surface area contributed by atoms with Gasteiger partial charge in [-0.2, -0.15) is 5.26 Å². The third-order valence-electron chi connectivity index (χ3n) is 7.13. The van der Waals surface area contributed by atoms with E-state index in [-0.39, 0.29) is 23.3 Å². The number of rotatable bonds is 8. The number of ketones is 1. The van der Waals surface area contributed by atoms with Crippen LogP contribution in [0.4, 0.5) is 20.2 Å². The second-order valence-corrected chi connectivity index (χ2v) is 11.7. The van der Waals surface area contributed by atoms with Gasteiger partial charge in [0, 0.05) is 61.7 Å². The number of methoxy groups -OCH3 is 1. The lowest BCUT2D eigenvalue weighted by Gasteiger charge is -2.36. The van der Waals surface area contributed by atoms with Crippen molar-refractivity contribution < 1.29 is 31.5 Å². The molecule has 1 saturated heterocycles. The van der Waals surface area contributed by atoms with Crippen molar-refractivity contribution in [3.63, 3.8) is 0 Å². The van der Waals surface area contributed by atoms with E-state index in [9.17, 15) is 32.0 Å². The van der Waals surface area contributed by atoms with E-state index in [1.54, 1.807) is 23.1 Å². The molecule has 0 atom stereocenters. The molecule has 1 N–H and O–H groups in total. The molecule has 0 bridgehead atoms. The van der Waals surface area contributed by atoms with E-state index in [0.29, 0.717) is 65.5 Å². The summed E-state index contributed by atoms with van der Waals surface area (Å²) in [4.78, 5) is 35.2. The highest BCUT2D eigenvalue weighted by molar-refractivity contribution is 7.92. The van der Waals surface area contributed by atoms with Gasteiger partial charge in [0.1, 0.15) is 28.3 Å². The van der Waals surface area contributed by atoms with Crippen molar-refractivity contribution in [2.24, 2.45) is 0 Å². The first kappa shape index (κ1) is 31.0. The number of halogens is 2. The van der Waals surface area contributed by atoms with Crippen LogP contribution in [0.5, 0.6) is 5.88 Å². The van der Waals surface area contributed by atoms with E-state index in [1.807, 2.05) is 4.90 Å². The predicted molar refractivity (Wildman–Crippen MR) is 162 cm³/mol. The Hall–Kier alpha value is -5.42. The summed E-state index contributed by atoms with van der Waals surface area (Å²) in [7, 11) is -3.19. The number of nitrogens with one attached hydrogen (secondary N) is 1. The van der Waals surface area contributed by atoms with Crippen molar-refractivity contribution in [3.8, 4) is 23.1 Å². The summed E-state index contributed by atoms with van der Waals surface area (Å²) in [6, 6.07) is 11.1. The number of piperazine rings is 1. The van der Waals surface area contributed by atoms with Crippen LogP contribution in [0.25, 0.3) is 22.0 Å². The minimum Gasteiger partial charge on any atom is -0.480 e. The van der Waals surface area contributed by atoms with Crippen LogP contribution >= 0.6 is 0 Å². The van der Waals surface area contributed by atoms with Crippen molar-refractivity contribution in [3.05, 3.63) is 84.2 Å². The molecule has 4 aromatic rings. The molecule has 0 radical (unpaired) electrons. The maximum Gasteiger partial charge on any atom is 0.264 e. The number of benzene rings is 2. The Morgan fingerprint density at radius 3 is 2.42 bits per heavy atom. The number of hydrogen-bond donors (Lipinski definition) is 1. The van der Waals surface area contributed by atoms with Crippen LogP contribution in [0.1, 0.15) is 12.5 Å². The summed E-state index contributed by atoms with van der Waals surface area (Å²) >= 11 is 0. The number of allylic oxidation sites excluding steroid dienone is 1. The van der Waals surface area contributed by atoms with Gasteiger partial charge in [0.2, 0.25) is 11.8 Å². The van der Waals surface area contributed by atoms with Gasteiger partial charge in [-0.1, -0.05) is 6.07 Å². The molecule has 0 aliphatic carbocycles. The molecule has 45 heavy (non-hydrogen) atoms. The van der Waals surface area contributed by atoms with Crippen molar-refractivity contribution in [2.45, 2.75) is 11.8 Å². The number of ether oxygens (including phenoxy) is 1. The summed E-state index contributed by atoms with van der Waals surface area (Å²) in [5.74, 6) is -2.75. The summed E-state index contributed by atoms with van der Waals surface area (Å²) in [5, 5.41) is 10.6. The maximum absolute atomic E-state index is 14.3. The normalized spacial score (nSPS) is 13.6. The van der Waals surface area contributed by atoms with E-state index < -0.39 is 26.6 Å². The van der Waals surface area contributed by atoms with Gasteiger partial charge in [0.05, 0.1) is 23.9 Å². The van der Waals surface area contributed by atoms with Gasteiger partial charge < -0.3 is 14.5 Å². The molecule has 3 heterocycles. The highest BCUT2D eigenvalue weighted by Crippen LogP contribution is 2.36. The van der Waals surface area contributed by atoms with E-state index in [2.05, 4.69) is 20.8 Å². The highest BCUT2D eigenvalue weighted by atomic mass is 32.2. The number of sulfonamides is 1. The molecule has 14 heteroatoms. The molecule has 5 rings (SSSR count). The van der Waals surface area contributed by atoms with Crippen LogP contribution in [0.3, 0.4) is 0 Å². The van der Waals surface area contributed by atoms with E-state index in [4.69, 9.17) is 4.74 Å². The third kappa shape index (κ3) is 6.58. The Kier molecular flexibility index (Phi) is 8.73. The summed E-state index contributed by atoms with van der Waals surface area (Å²) < 4.78 is 61.2. The van der Waals surface area contributed by atoms with E-state index >= 15 is 0 Å². The molecule has 230 valence electrons. The molecular formula is C31H26F2N6O5S. The number of fused-ring (bicyclic) bond motifs is 1. The number of anilines is 2. The topological polar surface area (TPSA) is 146 Å². The molecule has 2 aromatic carbocycles. The zero-order valence-electron chi connectivity index (χ0n) is 24.1. The number of hydrogen-bond acceptors (Lipinski definition) is 9. The Bertz CT molecular complexity index is 2000. The smallest absolute Gasteiger partial charge is 0.264 e. The average molecular weight is 633 g/mol. The second kappa shape index (κ2) is 12.7. The Morgan fingerprint density at radius 2 is 1.76 bits per heavy atom. The molecule has 1 aliphatic heterocycles. The minimum absolute atomic E-state index is 0.0784. The lowest BCUT2D eigenvalue weighted by atomic mass is 10.0. The van der Waals surface area contributed by atoms with Crippen LogP contribution in [0.2, 0.25) is 0 Å². The average Bonchev–Trinajstić information content (AvgIpc) is 3.02. The number of nitrogens with zero attached hydrogens (tertiary/aromatic N) is 5. The summed E-state index contributed by atoms with van der Waals surface area (Å²) in [5.41, 5.74) is 2.55. The summed E-state index contributed by atoms with van der Waals surface area (Å²) in [6.07, 6.45) is 5.43. The number of nitriles is 1. The molecule has 0 unspecified atom stereocenters. The monoisotopic (exact) mass is 632 g/mol. The fourth-order valence-corrected chi connectivity index (χ4v) is 6.07. The van der Waals surface area contributed by atoms with Gasteiger partial charge >= 0.3 is 0 Å². The van der Waals surface area contributed by atoms with Gasteiger partial charge in [-0.25, -0.2) is 22.2 Å². The first-order valence-corrected chi connectivity index (χ1v) is 15.1. The SMILES string of the molecule is COc1ncc(-c2ccc3ncc(C#N)c(N4CCN(C(=O)/C=C/C(C)=O)CC4)c3c2)cc1NS(=O)(=O)c1ccc(F)cc1F. The van der Waals surface area contributed by atoms with Gasteiger partial charge in [-0.05, 0) is 48.9 Å². The number of carbonyl (C=O) groups is 2. The Balaban J connectivity index is 1.49. The van der Waals surface area contributed by atoms with Crippen LogP contribution in [-0.4, -0.2) is 68.3 Å². The lowest BCUT2D eigenvalue weighted by molar-refractivity contribution is -0.126. The Labute approximate surface area is 257 Å². The fraction of sp³-hybridized carbons (Fsp3) is 0.194. The van der Waals surface area contributed by atoms with Gasteiger partial charge in [-0.15, -0.1) is 0 Å². The van der Waals surface area contributed by atoms with Crippen LogP contribution < -0.4 is 14.4 Å². The number of pyridine rings is 2. The zero-order valence-corrected chi connectivity index (χ0v) is 24.9. The molecular weight excluding hydrogens is 606 g/mol. The molecule has 11 nitrogen and oxygen atoms in total. The predicted octanol–water partition coefficient (Wildman–Crippen LogP) is 4.05. The van der Waals surface area contributed by atoms with Crippen LogP contribution in [0, 0.1) is 23.0 Å². The van der Waals surface area contributed by atoms with Crippen molar-refractivity contribution in [1.82, 2.24) is 14.9 Å². The van der Waals surface area contributed by atoms with E-state index in [1.165, 1.54) is 44.6 Å². The summed E-state index contributed by atoms with van der Waals surface area (Å²) in [6.45, 7) is 2.96. The molecule has 0 spiro atoms. The lowest BCUT2D eigenvalue weighted by Crippen LogP contribution is -2.48. The standard InChI is InChI=1S/C31H26F2N6O5S/c1-19(40)3-8-29(41)38-9-11-39(12-10-38)30-22(16-34)18-35-26-6-4-20(13-24(26)30)21-14-27(31(44-2)36-17-21)37-45(42,43)28-7-5-23(32)15-25(28)33/h3-8,13-15,17-18,37H,9-12H2,1-2H3/b8-3+. The largest absolute Gasteiger partial charge is 0.480 e. The minimum atomic E-state index is -4.49. The number of aromatic nitrogens is 2. The molecule has 1 fully saturated rings. The van der Waals surface area contributed by atoms with Gasteiger partial charge in [0.25, 0.3) is 10.0 Å². The molecule has 2 aromatic heterocycles. The van der Waals surface area contributed by atoms with Crippen molar-refractivity contribution >= 4 is 44.0 Å². The van der Waals surface area contributed by atoms with Gasteiger partial charge in [-0.3, -0.25) is 19.3 Å². The molecule has 1 aliphatic rings. The molecule has 1 amide bonds. The van der Waals surface area contributed by atoms with Crippen LogP contribution in [0.15, 0.2) is 71.9 Å². The zero-order chi connectivity index (χ0) is 32.3. The fourth-order valence-electron chi connectivity index (χ4n) is 4.96. The Morgan fingerprint density at radius 1 is 1.00 bits per heavy atom. The first-order valence-electron chi connectivity index (χ1n) is 13.6. The number of amides is 1. The van der Waals surface area contributed by atoms with Gasteiger partial charge in [0.15, 0.2) is 5.78 Å². The third-order valence-corrected chi connectivity index (χ3v) is 8.53. The number of carbonyl (C=O) groups excluding carboxylic acids is 2. The maximum atomic E-state index is 14.3.